The van der Waals surface area contributed by atoms with Crippen molar-refractivity contribution in [1.82, 2.24) is 5.32 Å². The maximum Gasteiger partial charge on any atom is 0.329 e. The first-order chi connectivity index (χ1) is 8.84. The summed E-state index contributed by atoms with van der Waals surface area (Å²) in [5.41, 5.74) is -0.764. The molecule has 1 unspecified atom stereocenters. The number of nitrogens with one attached hydrogen (secondary N) is 1. The zero-order chi connectivity index (χ0) is 14.2. The molecule has 0 saturated heterocycles. The van der Waals surface area contributed by atoms with Gasteiger partial charge in [0.05, 0.1) is 5.56 Å². The quantitative estimate of drug-likeness (QED) is 0.829. The largest absolute Gasteiger partial charge is 0.480 e. The van der Waals surface area contributed by atoms with Crippen LogP contribution in [0.3, 0.4) is 0 Å². The van der Waals surface area contributed by atoms with E-state index in [1.165, 1.54) is 0 Å². The minimum absolute atomic E-state index is 0.0168. The van der Waals surface area contributed by atoms with Crippen molar-refractivity contribution in [2.24, 2.45) is 5.92 Å². The second-order valence-electron chi connectivity index (χ2n) is 4.86. The van der Waals surface area contributed by atoms with E-state index in [1.807, 2.05) is 0 Å². The molecule has 4 nitrogen and oxygen atoms in total. The standard InChI is InChI=1S/C13H13Br2NO3/c1-13(12(18)19,7-2-3-7)16-11(17)9-5-4-8(14)6-10(9)15/h4-7H,2-3H2,1H3,(H,16,17)(H,18,19). The van der Waals surface area contributed by atoms with Crippen LogP contribution in [0.25, 0.3) is 0 Å². The van der Waals surface area contributed by atoms with E-state index in [9.17, 15) is 14.7 Å². The summed E-state index contributed by atoms with van der Waals surface area (Å²) < 4.78 is 1.47. The van der Waals surface area contributed by atoms with Crippen LogP contribution in [-0.2, 0) is 4.79 Å². The van der Waals surface area contributed by atoms with Gasteiger partial charge in [-0.25, -0.2) is 4.79 Å². The molecule has 1 aliphatic rings. The first-order valence-corrected chi connectivity index (χ1v) is 7.44. The van der Waals surface area contributed by atoms with E-state index in [-0.39, 0.29) is 11.8 Å². The highest BCUT2D eigenvalue weighted by Crippen LogP contribution is 2.40. The van der Waals surface area contributed by atoms with Gasteiger partial charge in [0.25, 0.3) is 5.91 Å². The monoisotopic (exact) mass is 389 g/mol. The Hall–Kier alpha value is -0.880. The van der Waals surface area contributed by atoms with Crippen LogP contribution in [-0.4, -0.2) is 22.5 Å². The second-order valence-corrected chi connectivity index (χ2v) is 6.63. The summed E-state index contributed by atoms with van der Waals surface area (Å²) in [6, 6.07) is 5.15. The van der Waals surface area contributed by atoms with E-state index >= 15 is 0 Å². The Kier molecular flexibility index (Phi) is 4.01. The summed E-state index contributed by atoms with van der Waals surface area (Å²) in [4.78, 5) is 23.6. The van der Waals surface area contributed by atoms with E-state index in [0.717, 1.165) is 17.3 Å². The number of carbonyl (C=O) groups excluding carboxylic acids is 1. The summed E-state index contributed by atoms with van der Waals surface area (Å²) >= 11 is 6.61. The molecule has 0 bridgehead atoms. The fourth-order valence-electron chi connectivity index (χ4n) is 1.97. The zero-order valence-electron chi connectivity index (χ0n) is 10.2. The lowest BCUT2D eigenvalue weighted by molar-refractivity contribution is -0.144. The van der Waals surface area contributed by atoms with Gasteiger partial charge in [0.1, 0.15) is 5.54 Å². The van der Waals surface area contributed by atoms with Crippen molar-refractivity contribution >= 4 is 43.7 Å². The number of benzene rings is 1. The van der Waals surface area contributed by atoms with Gasteiger partial charge in [-0.2, -0.15) is 0 Å². The highest BCUT2D eigenvalue weighted by Gasteiger charge is 2.48. The van der Waals surface area contributed by atoms with Crippen molar-refractivity contribution in [2.75, 3.05) is 0 Å². The lowest BCUT2D eigenvalue weighted by Gasteiger charge is -2.26. The average Bonchev–Trinajstić information content (AvgIpc) is 3.11. The Morgan fingerprint density at radius 1 is 1.37 bits per heavy atom. The molecule has 0 heterocycles. The molecule has 1 amide bonds. The fourth-order valence-corrected chi connectivity index (χ4v) is 3.19. The van der Waals surface area contributed by atoms with Crippen LogP contribution in [0.1, 0.15) is 30.1 Å². The smallest absolute Gasteiger partial charge is 0.329 e. The molecule has 0 aliphatic heterocycles. The Labute approximate surface area is 127 Å². The number of carboxylic acid groups (broad SMARTS) is 1. The van der Waals surface area contributed by atoms with Gasteiger partial charge in [0, 0.05) is 8.95 Å². The number of halogens is 2. The number of carboxylic acids is 1. The van der Waals surface area contributed by atoms with Crippen molar-refractivity contribution in [2.45, 2.75) is 25.3 Å². The van der Waals surface area contributed by atoms with Crippen molar-refractivity contribution in [3.8, 4) is 0 Å². The molecule has 0 spiro atoms. The van der Waals surface area contributed by atoms with E-state index in [4.69, 9.17) is 0 Å². The zero-order valence-corrected chi connectivity index (χ0v) is 13.4. The summed E-state index contributed by atoms with van der Waals surface area (Å²) in [5, 5.41) is 12.0. The van der Waals surface area contributed by atoms with E-state index in [1.54, 1.807) is 25.1 Å². The first kappa shape index (κ1) is 14.5. The molecule has 0 aromatic heterocycles. The van der Waals surface area contributed by atoms with Crippen LogP contribution in [0.4, 0.5) is 0 Å². The van der Waals surface area contributed by atoms with Gasteiger partial charge in [0.2, 0.25) is 0 Å². The lowest BCUT2D eigenvalue weighted by atomic mass is 9.95. The van der Waals surface area contributed by atoms with Crippen molar-refractivity contribution < 1.29 is 14.7 Å². The van der Waals surface area contributed by atoms with Gasteiger partial charge < -0.3 is 10.4 Å². The fraction of sp³-hybridized carbons (Fsp3) is 0.385. The van der Waals surface area contributed by atoms with Gasteiger partial charge in [0.15, 0.2) is 0 Å². The molecular formula is C13H13Br2NO3. The SMILES string of the molecule is CC(NC(=O)c1ccc(Br)cc1Br)(C(=O)O)C1CC1. The first-order valence-electron chi connectivity index (χ1n) is 5.85. The minimum atomic E-state index is -1.19. The Morgan fingerprint density at radius 2 is 2.00 bits per heavy atom. The van der Waals surface area contributed by atoms with Crippen LogP contribution in [0, 0.1) is 5.92 Å². The molecule has 1 fully saturated rings. The van der Waals surface area contributed by atoms with E-state index in [0.29, 0.717) is 10.0 Å². The topological polar surface area (TPSA) is 66.4 Å². The molecule has 2 N–H and O–H groups in total. The number of hydrogen-bond donors (Lipinski definition) is 2. The highest BCUT2D eigenvalue weighted by atomic mass is 79.9. The number of rotatable bonds is 4. The Balaban J connectivity index is 2.22. The third-order valence-corrected chi connectivity index (χ3v) is 4.54. The number of amides is 1. The Morgan fingerprint density at radius 3 is 2.47 bits per heavy atom. The molecule has 1 atom stereocenters. The van der Waals surface area contributed by atoms with Crippen molar-refractivity contribution in [3.63, 3.8) is 0 Å². The number of hydrogen-bond acceptors (Lipinski definition) is 2. The highest BCUT2D eigenvalue weighted by molar-refractivity contribution is 9.11. The third-order valence-electron chi connectivity index (χ3n) is 3.39. The van der Waals surface area contributed by atoms with E-state index in [2.05, 4.69) is 37.2 Å². The molecule has 2 rings (SSSR count). The molecule has 102 valence electrons. The normalized spacial score (nSPS) is 17.6. The van der Waals surface area contributed by atoms with Crippen LogP contribution in [0.5, 0.6) is 0 Å². The van der Waals surface area contributed by atoms with Gasteiger partial charge >= 0.3 is 5.97 Å². The molecule has 19 heavy (non-hydrogen) atoms. The predicted molar refractivity (Wildman–Crippen MR) is 78.1 cm³/mol. The number of aliphatic carboxylic acids is 1. The predicted octanol–water partition coefficient (Wildman–Crippen LogP) is 3.19. The second kappa shape index (κ2) is 5.25. The lowest BCUT2D eigenvalue weighted by Crippen LogP contribution is -2.54. The molecule has 1 aliphatic carbocycles. The van der Waals surface area contributed by atoms with Gasteiger partial charge in [-0.15, -0.1) is 0 Å². The van der Waals surface area contributed by atoms with Crippen LogP contribution >= 0.6 is 31.9 Å². The van der Waals surface area contributed by atoms with E-state index < -0.39 is 11.5 Å². The number of carbonyl (C=O) groups is 2. The molecule has 0 radical (unpaired) electrons. The molecule has 1 aromatic rings. The maximum atomic E-state index is 12.2. The van der Waals surface area contributed by atoms with Gasteiger partial charge in [-0.1, -0.05) is 15.9 Å². The summed E-state index contributed by atoms with van der Waals surface area (Å²) in [5.74, 6) is -1.35. The van der Waals surface area contributed by atoms with Crippen LogP contribution in [0.15, 0.2) is 27.1 Å². The maximum absolute atomic E-state index is 12.2. The van der Waals surface area contributed by atoms with Crippen molar-refractivity contribution in [3.05, 3.63) is 32.7 Å². The van der Waals surface area contributed by atoms with Gasteiger partial charge in [-0.3, -0.25) is 4.79 Å². The molecule has 1 saturated carbocycles. The molecule has 6 heteroatoms. The van der Waals surface area contributed by atoms with Crippen LogP contribution in [0.2, 0.25) is 0 Å². The Bertz CT molecular complexity index is 543. The molecular weight excluding hydrogens is 378 g/mol. The summed E-state index contributed by atoms with van der Waals surface area (Å²) in [6.07, 6.45) is 1.68. The van der Waals surface area contributed by atoms with Crippen molar-refractivity contribution in [1.29, 1.82) is 0 Å². The summed E-state index contributed by atoms with van der Waals surface area (Å²) in [6.45, 7) is 1.57. The average molecular weight is 391 g/mol. The summed E-state index contributed by atoms with van der Waals surface area (Å²) in [7, 11) is 0. The third kappa shape index (κ3) is 3.00. The minimum Gasteiger partial charge on any atom is -0.480 e. The van der Waals surface area contributed by atoms with Gasteiger partial charge in [-0.05, 0) is 59.8 Å². The van der Waals surface area contributed by atoms with Crippen LogP contribution < -0.4 is 5.32 Å². The molecule has 1 aromatic carbocycles.